The van der Waals surface area contributed by atoms with Crippen molar-refractivity contribution in [2.75, 3.05) is 25.5 Å². The van der Waals surface area contributed by atoms with Gasteiger partial charge in [0.15, 0.2) is 0 Å². The molecule has 1 fully saturated rings. The number of rotatable bonds is 4. The molecule has 1 aliphatic rings. The summed E-state index contributed by atoms with van der Waals surface area (Å²) in [7, 11) is 1.61. The number of hydrogen-bond donors (Lipinski definition) is 1. The van der Waals surface area contributed by atoms with Gasteiger partial charge in [-0.15, -0.1) is 0 Å². The van der Waals surface area contributed by atoms with E-state index in [9.17, 15) is 9.59 Å². The number of methoxy groups -OCH3 is 1. The molecule has 1 aliphatic heterocycles. The summed E-state index contributed by atoms with van der Waals surface area (Å²) in [5.41, 5.74) is 0.281. The lowest BCUT2D eigenvalue weighted by Crippen LogP contribution is -2.42. The van der Waals surface area contributed by atoms with Gasteiger partial charge in [0.05, 0.1) is 7.11 Å². The van der Waals surface area contributed by atoms with Gasteiger partial charge in [-0.1, -0.05) is 0 Å². The molecule has 6 nitrogen and oxygen atoms in total. The molecule has 2 rings (SSSR count). The van der Waals surface area contributed by atoms with Crippen LogP contribution in [0.4, 0.5) is 10.5 Å². The van der Waals surface area contributed by atoms with Gasteiger partial charge in [0.25, 0.3) is 0 Å². The topological polar surface area (TPSA) is 67.9 Å². The number of nitrogens with one attached hydrogen (secondary N) is 1. The number of nitrogens with zero attached hydrogens (tertiary/aromatic N) is 1. The molecule has 0 saturated carbocycles. The summed E-state index contributed by atoms with van der Waals surface area (Å²) in [6.45, 7) is 6.86. The van der Waals surface area contributed by atoms with E-state index in [1.54, 1.807) is 12.0 Å². The first-order valence-corrected chi connectivity index (χ1v) is 8.68. The molecule has 1 aromatic rings. The number of anilines is 1. The molecule has 0 spiro atoms. The Morgan fingerprint density at radius 3 is 2.28 bits per heavy atom. The molecule has 138 valence electrons. The molecule has 0 unspecified atom stereocenters. The second-order valence-corrected chi connectivity index (χ2v) is 7.39. The van der Waals surface area contributed by atoms with Crippen LogP contribution in [0.1, 0.15) is 40.0 Å². The quantitative estimate of drug-likeness (QED) is 0.901. The Balaban J connectivity index is 1.75. The van der Waals surface area contributed by atoms with Gasteiger partial charge in [0, 0.05) is 25.2 Å². The highest BCUT2D eigenvalue weighted by atomic mass is 16.6. The Kier molecular flexibility index (Phi) is 6.28. The fourth-order valence-corrected chi connectivity index (χ4v) is 2.79. The van der Waals surface area contributed by atoms with Crippen LogP contribution in [-0.4, -0.2) is 42.7 Å². The molecule has 1 N–H and O–H groups in total. The first-order valence-electron chi connectivity index (χ1n) is 8.68. The number of benzene rings is 1. The Hall–Kier alpha value is -2.24. The number of hydrogen-bond acceptors (Lipinski definition) is 4. The zero-order chi connectivity index (χ0) is 18.4. The zero-order valence-corrected chi connectivity index (χ0v) is 15.5. The zero-order valence-electron chi connectivity index (χ0n) is 15.5. The summed E-state index contributed by atoms with van der Waals surface area (Å²) in [4.78, 5) is 26.0. The second kappa shape index (κ2) is 8.23. The minimum atomic E-state index is -0.480. The number of carbonyl (C=O) groups excluding carboxylic acids is 2. The van der Waals surface area contributed by atoms with E-state index < -0.39 is 5.60 Å². The van der Waals surface area contributed by atoms with Gasteiger partial charge in [-0.3, -0.25) is 4.79 Å². The largest absolute Gasteiger partial charge is 0.497 e. The Morgan fingerprint density at radius 2 is 1.76 bits per heavy atom. The van der Waals surface area contributed by atoms with E-state index in [1.165, 1.54) is 0 Å². The predicted molar refractivity (Wildman–Crippen MR) is 96.8 cm³/mol. The van der Waals surface area contributed by atoms with Gasteiger partial charge in [-0.2, -0.15) is 0 Å². The first kappa shape index (κ1) is 19.1. The smallest absolute Gasteiger partial charge is 0.410 e. The third kappa shape index (κ3) is 6.29. The van der Waals surface area contributed by atoms with Crippen molar-refractivity contribution in [2.45, 2.75) is 45.6 Å². The monoisotopic (exact) mass is 348 g/mol. The van der Waals surface area contributed by atoms with Crippen LogP contribution in [0.3, 0.4) is 0 Å². The average Bonchev–Trinajstić information content (AvgIpc) is 2.54. The molecule has 2 amide bonds. The SMILES string of the molecule is COc1ccc(NC(=O)CC2CCN(C(=O)OC(C)(C)C)CC2)cc1. The van der Waals surface area contributed by atoms with Crippen molar-refractivity contribution >= 4 is 17.7 Å². The fourth-order valence-electron chi connectivity index (χ4n) is 2.79. The molecular weight excluding hydrogens is 320 g/mol. The lowest BCUT2D eigenvalue weighted by Gasteiger charge is -2.33. The maximum Gasteiger partial charge on any atom is 0.410 e. The van der Waals surface area contributed by atoms with Gasteiger partial charge in [0.1, 0.15) is 11.4 Å². The van der Waals surface area contributed by atoms with Crippen molar-refractivity contribution in [3.05, 3.63) is 24.3 Å². The third-order valence-electron chi connectivity index (χ3n) is 4.11. The third-order valence-corrected chi connectivity index (χ3v) is 4.11. The number of amides is 2. The van der Waals surface area contributed by atoms with Crippen molar-refractivity contribution < 1.29 is 19.1 Å². The van der Waals surface area contributed by atoms with Gasteiger partial charge < -0.3 is 19.7 Å². The first-order chi connectivity index (χ1) is 11.8. The number of carbonyl (C=O) groups is 2. The van der Waals surface area contributed by atoms with Gasteiger partial charge in [-0.05, 0) is 63.8 Å². The molecule has 0 aromatic heterocycles. The molecular formula is C19H28N2O4. The van der Waals surface area contributed by atoms with Crippen molar-refractivity contribution in [3.8, 4) is 5.75 Å². The maximum absolute atomic E-state index is 12.2. The van der Waals surface area contributed by atoms with Crippen LogP contribution in [0.15, 0.2) is 24.3 Å². The van der Waals surface area contributed by atoms with E-state index in [0.717, 1.165) is 24.3 Å². The summed E-state index contributed by atoms with van der Waals surface area (Å²) in [5.74, 6) is 1.05. The highest BCUT2D eigenvalue weighted by Gasteiger charge is 2.27. The maximum atomic E-state index is 12.2. The lowest BCUT2D eigenvalue weighted by atomic mass is 9.93. The summed E-state index contributed by atoms with van der Waals surface area (Å²) < 4.78 is 10.5. The lowest BCUT2D eigenvalue weighted by molar-refractivity contribution is -0.117. The molecule has 0 aliphatic carbocycles. The van der Waals surface area contributed by atoms with Crippen LogP contribution in [0.25, 0.3) is 0 Å². The van der Waals surface area contributed by atoms with Crippen LogP contribution in [0.2, 0.25) is 0 Å². The number of piperidine rings is 1. The van der Waals surface area contributed by atoms with E-state index in [-0.39, 0.29) is 17.9 Å². The van der Waals surface area contributed by atoms with E-state index in [0.29, 0.717) is 19.5 Å². The van der Waals surface area contributed by atoms with Crippen LogP contribution in [0, 0.1) is 5.92 Å². The minimum absolute atomic E-state index is 0.000819. The summed E-state index contributed by atoms with van der Waals surface area (Å²) >= 11 is 0. The van der Waals surface area contributed by atoms with Crippen LogP contribution >= 0.6 is 0 Å². The van der Waals surface area contributed by atoms with Crippen molar-refractivity contribution in [1.82, 2.24) is 4.90 Å². The Bertz CT molecular complexity index is 584. The van der Waals surface area contributed by atoms with Crippen LogP contribution in [0.5, 0.6) is 5.75 Å². The molecule has 1 aromatic carbocycles. The fraction of sp³-hybridized carbons (Fsp3) is 0.579. The molecule has 0 atom stereocenters. The van der Waals surface area contributed by atoms with Crippen LogP contribution < -0.4 is 10.1 Å². The molecule has 0 radical (unpaired) electrons. The van der Waals surface area contributed by atoms with E-state index in [1.807, 2.05) is 45.0 Å². The summed E-state index contributed by atoms with van der Waals surface area (Å²) in [6, 6.07) is 7.27. The highest BCUT2D eigenvalue weighted by molar-refractivity contribution is 5.90. The van der Waals surface area contributed by atoms with E-state index in [4.69, 9.17) is 9.47 Å². The van der Waals surface area contributed by atoms with Gasteiger partial charge in [-0.25, -0.2) is 4.79 Å². The highest BCUT2D eigenvalue weighted by Crippen LogP contribution is 2.23. The molecule has 0 bridgehead atoms. The molecule has 6 heteroatoms. The Morgan fingerprint density at radius 1 is 1.16 bits per heavy atom. The normalized spacial score (nSPS) is 15.6. The summed E-state index contributed by atoms with van der Waals surface area (Å²) in [5, 5.41) is 2.91. The number of ether oxygens (including phenoxy) is 2. The van der Waals surface area contributed by atoms with E-state index in [2.05, 4.69) is 5.32 Å². The van der Waals surface area contributed by atoms with Crippen molar-refractivity contribution in [2.24, 2.45) is 5.92 Å². The molecule has 1 saturated heterocycles. The molecule has 25 heavy (non-hydrogen) atoms. The van der Waals surface area contributed by atoms with Crippen LogP contribution in [-0.2, 0) is 9.53 Å². The summed E-state index contributed by atoms with van der Waals surface area (Å²) in [6.07, 6.45) is 1.83. The standard InChI is InChI=1S/C19H28N2O4/c1-19(2,3)25-18(23)21-11-9-14(10-12-21)13-17(22)20-15-5-7-16(24-4)8-6-15/h5-8,14H,9-13H2,1-4H3,(H,20,22). The average molecular weight is 348 g/mol. The van der Waals surface area contributed by atoms with Crippen molar-refractivity contribution in [1.29, 1.82) is 0 Å². The Labute approximate surface area is 149 Å². The van der Waals surface area contributed by atoms with Gasteiger partial charge >= 0.3 is 6.09 Å². The second-order valence-electron chi connectivity index (χ2n) is 7.39. The minimum Gasteiger partial charge on any atom is -0.497 e. The number of likely N-dealkylation sites (tertiary alicyclic amines) is 1. The predicted octanol–water partition coefficient (Wildman–Crippen LogP) is 3.67. The van der Waals surface area contributed by atoms with Crippen molar-refractivity contribution in [3.63, 3.8) is 0 Å². The van der Waals surface area contributed by atoms with E-state index >= 15 is 0 Å². The molecule has 1 heterocycles. The van der Waals surface area contributed by atoms with Gasteiger partial charge in [0.2, 0.25) is 5.91 Å².